The molecule has 0 atom stereocenters. The molecular formula is C15H23ClN2O2S. The van der Waals surface area contributed by atoms with E-state index in [4.69, 9.17) is 11.6 Å². The van der Waals surface area contributed by atoms with Gasteiger partial charge in [0.25, 0.3) is 0 Å². The number of likely N-dealkylation sites (tertiary alicyclic amines) is 1. The van der Waals surface area contributed by atoms with Gasteiger partial charge in [-0.05, 0) is 56.1 Å². The maximum Gasteiger partial charge on any atom is 0.240 e. The zero-order valence-corrected chi connectivity index (χ0v) is 14.1. The van der Waals surface area contributed by atoms with Crippen LogP contribution in [0, 0.1) is 5.92 Å². The SMILES string of the molecule is CC(C)CN1CCC(NS(=O)(=O)c2ccc(Cl)cc2)CC1. The van der Waals surface area contributed by atoms with Gasteiger partial charge in [0.15, 0.2) is 0 Å². The molecule has 1 saturated heterocycles. The summed E-state index contributed by atoms with van der Waals surface area (Å²) in [6.07, 6.45) is 1.72. The van der Waals surface area contributed by atoms with Gasteiger partial charge in [-0.15, -0.1) is 0 Å². The molecule has 6 heteroatoms. The lowest BCUT2D eigenvalue weighted by atomic mass is 10.0. The van der Waals surface area contributed by atoms with Crippen LogP contribution in [0.2, 0.25) is 5.02 Å². The van der Waals surface area contributed by atoms with Gasteiger partial charge in [0.05, 0.1) is 4.90 Å². The second kappa shape index (κ2) is 7.09. The van der Waals surface area contributed by atoms with Crippen LogP contribution in [0.25, 0.3) is 0 Å². The van der Waals surface area contributed by atoms with E-state index in [1.807, 2.05) is 0 Å². The Balaban J connectivity index is 1.92. The van der Waals surface area contributed by atoms with Crippen LogP contribution in [0.5, 0.6) is 0 Å². The summed E-state index contributed by atoms with van der Waals surface area (Å²) in [5.41, 5.74) is 0. The molecule has 0 aromatic heterocycles. The molecule has 0 spiro atoms. The van der Waals surface area contributed by atoms with Gasteiger partial charge in [-0.25, -0.2) is 13.1 Å². The number of hydrogen-bond donors (Lipinski definition) is 1. The third kappa shape index (κ3) is 4.95. The topological polar surface area (TPSA) is 49.4 Å². The van der Waals surface area contributed by atoms with Crippen molar-refractivity contribution in [3.05, 3.63) is 29.3 Å². The minimum Gasteiger partial charge on any atom is -0.303 e. The van der Waals surface area contributed by atoms with Crippen molar-refractivity contribution in [2.75, 3.05) is 19.6 Å². The van der Waals surface area contributed by atoms with Gasteiger partial charge >= 0.3 is 0 Å². The minimum absolute atomic E-state index is 0.0223. The first-order valence-corrected chi connectivity index (χ1v) is 9.23. The smallest absolute Gasteiger partial charge is 0.240 e. The van der Waals surface area contributed by atoms with Crippen molar-refractivity contribution in [1.82, 2.24) is 9.62 Å². The Morgan fingerprint density at radius 2 is 1.81 bits per heavy atom. The highest BCUT2D eigenvalue weighted by Crippen LogP contribution is 2.17. The lowest BCUT2D eigenvalue weighted by molar-refractivity contribution is 0.188. The summed E-state index contributed by atoms with van der Waals surface area (Å²) >= 11 is 5.79. The number of hydrogen-bond acceptors (Lipinski definition) is 3. The van der Waals surface area contributed by atoms with Crippen LogP contribution >= 0.6 is 11.6 Å². The third-order valence-electron chi connectivity index (χ3n) is 3.66. The summed E-state index contributed by atoms with van der Waals surface area (Å²) in [6.45, 7) is 7.39. The summed E-state index contributed by atoms with van der Waals surface area (Å²) < 4.78 is 27.4. The quantitative estimate of drug-likeness (QED) is 0.903. The maximum atomic E-state index is 12.3. The van der Waals surface area contributed by atoms with Crippen LogP contribution in [0.4, 0.5) is 0 Å². The monoisotopic (exact) mass is 330 g/mol. The van der Waals surface area contributed by atoms with Gasteiger partial charge in [0.2, 0.25) is 10.0 Å². The van der Waals surface area contributed by atoms with Crippen LogP contribution in [-0.2, 0) is 10.0 Å². The fourth-order valence-corrected chi connectivity index (χ4v) is 4.08. The average Bonchev–Trinajstić information content (AvgIpc) is 2.40. The Bertz CT molecular complexity index is 550. The predicted octanol–water partition coefficient (Wildman–Crippen LogP) is 2.74. The standard InChI is InChI=1S/C15H23ClN2O2S/c1-12(2)11-18-9-7-14(8-10-18)17-21(19,20)15-5-3-13(16)4-6-15/h3-6,12,14,17H,7-11H2,1-2H3. The number of halogens is 1. The van der Waals surface area contributed by atoms with Crippen molar-refractivity contribution in [2.45, 2.75) is 37.6 Å². The minimum atomic E-state index is -3.44. The fourth-order valence-electron chi connectivity index (χ4n) is 2.65. The van der Waals surface area contributed by atoms with Gasteiger partial charge in [-0.1, -0.05) is 25.4 Å². The lowest BCUT2D eigenvalue weighted by Gasteiger charge is -2.33. The van der Waals surface area contributed by atoms with E-state index in [1.165, 1.54) is 0 Å². The number of sulfonamides is 1. The van der Waals surface area contributed by atoms with Crippen molar-refractivity contribution < 1.29 is 8.42 Å². The average molecular weight is 331 g/mol. The molecule has 21 heavy (non-hydrogen) atoms. The highest BCUT2D eigenvalue weighted by molar-refractivity contribution is 7.89. The second-order valence-electron chi connectivity index (χ2n) is 6.04. The maximum absolute atomic E-state index is 12.3. The molecule has 0 bridgehead atoms. The van der Waals surface area contributed by atoms with E-state index >= 15 is 0 Å². The highest BCUT2D eigenvalue weighted by Gasteiger charge is 2.24. The molecule has 0 saturated carbocycles. The molecule has 2 rings (SSSR count). The van der Waals surface area contributed by atoms with Gasteiger partial charge in [-0.3, -0.25) is 0 Å². The number of nitrogens with zero attached hydrogens (tertiary/aromatic N) is 1. The molecule has 1 N–H and O–H groups in total. The van der Waals surface area contributed by atoms with E-state index in [1.54, 1.807) is 24.3 Å². The molecule has 118 valence electrons. The molecule has 1 aliphatic rings. The van der Waals surface area contributed by atoms with E-state index in [0.29, 0.717) is 10.9 Å². The summed E-state index contributed by atoms with van der Waals surface area (Å²) in [5.74, 6) is 0.646. The largest absolute Gasteiger partial charge is 0.303 e. The van der Waals surface area contributed by atoms with Crippen LogP contribution in [0.3, 0.4) is 0 Å². The van der Waals surface area contributed by atoms with Crippen LogP contribution in [0.1, 0.15) is 26.7 Å². The van der Waals surface area contributed by atoms with E-state index < -0.39 is 10.0 Å². The Morgan fingerprint density at radius 3 is 2.33 bits per heavy atom. The van der Waals surface area contributed by atoms with E-state index in [9.17, 15) is 8.42 Å². The summed E-state index contributed by atoms with van der Waals surface area (Å²) in [7, 11) is -3.44. The summed E-state index contributed by atoms with van der Waals surface area (Å²) in [6, 6.07) is 6.30. The summed E-state index contributed by atoms with van der Waals surface area (Å²) in [4.78, 5) is 2.68. The van der Waals surface area contributed by atoms with E-state index in [-0.39, 0.29) is 10.9 Å². The highest BCUT2D eigenvalue weighted by atomic mass is 35.5. The van der Waals surface area contributed by atoms with Gasteiger partial charge in [0.1, 0.15) is 0 Å². The molecule has 0 amide bonds. The first kappa shape index (κ1) is 16.7. The summed E-state index contributed by atoms with van der Waals surface area (Å²) in [5, 5.41) is 0.538. The molecule has 4 nitrogen and oxygen atoms in total. The van der Waals surface area contributed by atoms with Gasteiger partial charge < -0.3 is 4.90 Å². The van der Waals surface area contributed by atoms with Gasteiger partial charge in [0, 0.05) is 17.6 Å². The first-order valence-electron chi connectivity index (χ1n) is 7.37. The van der Waals surface area contributed by atoms with Gasteiger partial charge in [-0.2, -0.15) is 0 Å². The first-order chi connectivity index (χ1) is 9.87. The number of rotatable bonds is 5. The number of piperidine rings is 1. The van der Waals surface area contributed by atoms with Crippen LogP contribution < -0.4 is 4.72 Å². The molecule has 0 aliphatic carbocycles. The number of nitrogens with one attached hydrogen (secondary N) is 1. The second-order valence-corrected chi connectivity index (χ2v) is 8.19. The lowest BCUT2D eigenvalue weighted by Crippen LogP contribution is -2.45. The van der Waals surface area contributed by atoms with Crippen molar-refractivity contribution in [2.24, 2.45) is 5.92 Å². The molecule has 1 fully saturated rings. The Morgan fingerprint density at radius 1 is 1.24 bits per heavy atom. The normalized spacial score (nSPS) is 18.3. The van der Waals surface area contributed by atoms with E-state index in [2.05, 4.69) is 23.5 Å². The van der Waals surface area contributed by atoms with Crippen LogP contribution in [0.15, 0.2) is 29.2 Å². The zero-order valence-electron chi connectivity index (χ0n) is 12.5. The molecule has 0 unspecified atom stereocenters. The van der Waals surface area contributed by atoms with Crippen molar-refractivity contribution >= 4 is 21.6 Å². The molecule has 1 aromatic carbocycles. The van der Waals surface area contributed by atoms with Crippen molar-refractivity contribution in [1.29, 1.82) is 0 Å². The van der Waals surface area contributed by atoms with E-state index in [0.717, 1.165) is 32.5 Å². The zero-order chi connectivity index (χ0) is 15.5. The van der Waals surface area contributed by atoms with Crippen molar-refractivity contribution in [3.63, 3.8) is 0 Å². The fraction of sp³-hybridized carbons (Fsp3) is 0.600. The molecule has 1 aliphatic heterocycles. The molecule has 0 radical (unpaired) electrons. The molecular weight excluding hydrogens is 308 g/mol. The Kier molecular flexibility index (Phi) is 5.66. The Labute approximate surface area is 132 Å². The Hall–Kier alpha value is -0.620. The predicted molar refractivity (Wildman–Crippen MR) is 86.1 cm³/mol. The third-order valence-corrected chi connectivity index (χ3v) is 5.45. The van der Waals surface area contributed by atoms with Crippen LogP contribution in [-0.4, -0.2) is 39.0 Å². The molecule has 1 heterocycles. The molecule has 1 aromatic rings. The van der Waals surface area contributed by atoms with Crippen molar-refractivity contribution in [3.8, 4) is 0 Å². The number of benzene rings is 1.